The van der Waals surface area contributed by atoms with Crippen LogP contribution in [0.5, 0.6) is 11.5 Å². The van der Waals surface area contributed by atoms with E-state index >= 15 is 0 Å². The minimum atomic E-state index is -0.0843. The molecule has 134 valence electrons. The number of urea groups is 1. The van der Waals surface area contributed by atoms with Crippen LogP contribution < -0.4 is 14.8 Å². The van der Waals surface area contributed by atoms with E-state index in [1.165, 1.54) is 0 Å². The Hall–Kier alpha value is -2.70. The number of benzene rings is 1. The maximum absolute atomic E-state index is 12.6. The second-order valence-electron chi connectivity index (χ2n) is 6.11. The third-order valence-corrected chi connectivity index (χ3v) is 4.51. The van der Waals surface area contributed by atoms with Crippen molar-refractivity contribution < 1.29 is 14.3 Å². The van der Waals surface area contributed by atoms with Crippen LogP contribution in [0.4, 0.5) is 4.79 Å². The topological polar surface area (TPSA) is 68.6 Å². The molecule has 2 heterocycles. The minimum Gasteiger partial charge on any atom is -0.493 e. The first kappa shape index (κ1) is 17.1. The van der Waals surface area contributed by atoms with Crippen molar-refractivity contribution >= 4 is 6.03 Å². The molecule has 1 aliphatic rings. The molecular weight excluding hydrogens is 320 g/mol. The van der Waals surface area contributed by atoms with E-state index in [-0.39, 0.29) is 6.03 Å². The molecule has 0 aliphatic carbocycles. The molecule has 1 aliphatic heterocycles. The normalized spacial score (nSPS) is 14.1. The largest absolute Gasteiger partial charge is 0.493 e. The van der Waals surface area contributed by atoms with Crippen LogP contribution in [0.3, 0.4) is 0 Å². The number of amides is 2. The van der Waals surface area contributed by atoms with Gasteiger partial charge in [-0.1, -0.05) is 12.1 Å². The molecule has 7 nitrogen and oxygen atoms in total. The number of rotatable bonds is 3. The van der Waals surface area contributed by atoms with Crippen LogP contribution in [0.2, 0.25) is 0 Å². The zero-order valence-electron chi connectivity index (χ0n) is 14.9. The third kappa shape index (κ3) is 3.70. The molecule has 0 bridgehead atoms. The first-order valence-electron chi connectivity index (χ1n) is 8.39. The van der Waals surface area contributed by atoms with Gasteiger partial charge >= 0.3 is 6.03 Å². The second kappa shape index (κ2) is 7.46. The molecule has 1 N–H and O–H groups in total. The lowest BCUT2D eigenvalue weighted by Gasteiger charge is -2.27. The SMILES string of the molecule is COc1cccc2c1OCCCN(C(=O)NCc1cnn(C)c1C)C2. The zero-order valence-corrected chi connectivity index (χ0v) is 14.9. The number of hydrogen-bond acceptors (Lipinski definition) is 4. The number of aromatic nitrogens is 2. The van der Waals surface area contributed by atoms with E-state index in [9.17, 15) is 4.79 Å². The minimum absolute atomic E-state index is 0.0843. The molecule has 3 rings (SSSR count). The highest BCUT2D eigenvalue weighted by Crippen LogP contribution is 2.33. The van der Waals surface area contributed by atoms with Gasteiger partial charge in [0.25, 0.3) is 0 Å². The van der Waals surface area contributed by atoms with Crippen LogP contribution in [0, 0.1) is 6.92 Å². The van der Waals surface area contributed by atoms with Gasteiger partial charge in [-0.2, -0.15) is 5.10 Å². The van der Waals surface area contributed by atoms with Crippen LogP contribution in [0.1, 0.15) is 23.2 Å². The number of carbonyl (C=O) groups excluding carboxylic acids is 1. The maximum Gasteiger partial charge on any atom is 0.317 e. The summed E-state index contributed by atoms with van der Waals surface area (Å²) in [6.07, 6.45) is 2.56. The van der Waals surface area contributed by atoms with Crippen molar-refractivity contribution in [3.8, 4) is 11.5 Å². The van der Waals surface area contributed by atoms with Crippen LogP contribution in [0.25, 0.3) is 0 Å². The fourth-order valence-corrected chi connectivity index (χ4v) is 2.90. The Kier molecular flexibility index (Phi) is 5.11. The number of carbonyl (C=O) groups is 1. The summed E-state index contributed by atoms with van der Waals surface area (Å²) >= 11 is 0. The molecule has 2 amide bonds. The molecule has 0 unspecified atom stereocenters. The van der Waals surface area contributed by atoms with E-state index in [4.69, 9.17) is 9.47 Å². The van der Waals surface area contributed by atoms with E-state index in [0.29, 0.717) is 32.0 Å². The number of fused-ring (bicyclic) bond motifs is 1. The second-order valence-corrected chi connectivity index (χ2v) is 6.11. The Balaban J connectivity index is 1.70. The summed E-state index contributed by atoms with van der Waals surface area (Å²) in [7, 11) is 3.52. The molecule has 1 aromatic carbocycles. The van der Waals surface area contributed by atoms with Crippen LogP contribution >= 0.6 is 0 Å². The summed E-state index contributed by atoms with van der Waals surface area (Å²) in [5, 5.41) is 7.20. The van der Waals surface area contributed by atoms with E-state index < -0.39 is 0 Å². The lowest BCUT2D eigenvalue weighted by Crippen LogP contribution is -2.41. The average molecular weight is 344 g/mol. The Morgan fingerprint density at radius 2 is 2.28 bits per heavy atom. The molecule has 1 aromatic heterocycles. The summed E-state index contributed by atoms with van der Waals surface area (Å²) in [4.78, 5) is 14.4. The predicted octanol–water partition coefficient (Wildman–Crippen LogP) is 2.23. The van der Waals surface area contributed by atoms with E-state index in [2.05, 4.69) is 10.4 Å². The van der Waals surface area contributed by atoms with E-state index in [1.54, 1.807) is 18.0 Å². The number of aryl methyl sites for hydroxylation is 1. The molecule has 7 heteroatoms. The highest BCUT2D eigenvalue weighted by molar-refractivity contribution is 5.74. The number of hydrogen-bond donors (Lipinski definition) is 1. The van der Waals surface area contributed by atoms with Crippen molar-refractivity contribution in [2.75, 3.05) is 20.3 Å². The van der Waals surface area contributed by atoms with Crippen molar-refractivity contribution in [3.05, 3.63) is 41.2 Å². The number of methoxy groups -OCH3 is 1. The Morgan fingerprint density at radius 3 is 3.00 bits per heavy atom. The number of nitrogens with one attached hydrogen (secondary N) is 1. The van der Waals surface area contributed by atoms with E-state index in [1.807, 2.05) is 37.1 Å². The van der Waals surface area contributed by atoms with Gasteiger partial charge in [0.05, 0.1) is 26.5 Å². The van der Waals surface area contributed by atoms with Gasteiger partial charge in [0.1, 0.15) is 0 Å². The van der Waals surface area contributed by atoms with Gasteiger partial charge in [-0.15, -0.1) is 0 Å². The molecule has 2 aromatic rings. The summed E-state index contributed by atoms with van der Waals surface area (Å²) < 4.78 is 13.0. The fraction of sp³-hybridized carbons (Fsp3) is 0.444. The first-order chi connectivity index (χ1) is 12.1. The maximum atomic E-state index is 12.6. The fourth-order valence-electron chi connectivity index (χ4n) is 2.90. The lowest BCUT2D eigenvalue weighted by molar-refractivity contribution is 0.179. The molecule has 0 saturated heterocycles. The van der Waals surface area contributed by atoms with E-state index in [0.717, 1.165) is 29.0 Å². The lowest BCUT2D eigenvalue weighted by atomic mass is 10.1. The van der Waals surface area contributed by atoms with Crippen molar-refractivity contribution in [2.24, 2.45) is 7.05 Å². The monoisotopic (exact) mass is 344 g/mol. The number of ether oxygens (including phenoxy) is 2. The standard InChI is InChI=1S/C18H24N4O3/c1-13-15(11-20-21(13)2)10-19-18(23)22-8-5-9-25-17-14(12-22)6-4-7-16(17)24-3/h4,6-7,11H,5,8-10,12H2,1-3H3,(H,19,23). The molecular formula is C18H24N4O3. The van der Waals surface area contributed by atoms with Crippen LogP contribution in [-0.2, 0) is 20.1 Å². The van der Waals surface area contributed by atoms with Crippen LogP contribution in [-0.4, -0.2) is 41.0 Å². The smallest absolute Gasteiger partial charge is 0.317 e. The Morgan fingerprint density at radius 1 is 1.44 bits per heavy atom. The van der Waals surface area contributed by atoms with Gasteiger partial charge < -0.3 is 19.7 Å². The van der Waals surface area contributed by atoms with Gasteiger partial charge in [-0.3, -0.25) is 4.68 Å². The first-order valence-corrected chi connectivity index (χ1v) is 8.39. The van der Waals surface area contributed by atoms with Crippen molar-refractivity contribution in [2.45, 2.75) is 26.4 Å². The summed E-state index contributed by atoms with van der Waals surface area (Å²) in [5.41, 5.74) is 3.02. The van der Waals surface area contributed by atoms with Gasteiger partial charge in [-0.25, -0.2) is 4.79 Å². The predicted molar refractivity (Wildman–Crippen MR) is 93.7 cm³/mol. The van der Waals surface area contributed by atoms with Crippen LogP contribution in [0.15, 0.2) is 24.4 Å². The molecule has 0 saturated carbocycles. The summed E-state index contributed by atoms with van der Waals surface area (Å²) in [6.45, 7) is 4.15. The van der Waals surface area contributed by atoms with Gasteiger partial charge in [0.15, 0.2) is 11.5 Å². The average Bonchev–Trinajstić information content (AvgIpc) is 2.91. The van der Waals surface area contributed by atoms with Crippen molar-refractivity contribution in [1.29, 1.82) is 0 Å². The van der Waals surface area contributed by atoms with Crippen molar-refractivity contribution in [3.63, 3.8) is 0 Å². The highest BCUT2D eigenvalue weighted by atomic mass is 16.5. The molecule has 0 atom stereocenters. The summed E-state index contributed by atoms with van der Waals surface area (Å²) in [6, 6.07) is 5.67. The number of para-hydroxylation sites is 1. The van der Waals surface area contributed by atoms with Gasteiger partial charge in [0, 0.05) is 37.0 Å². The summed E-state index contributed by atoms with van der Waals surface area (Å²) in [5.74, 6) is 1.43. The molecule has 0 radical (unpaired) electrons. The zero-order chi connectivity index (χ0) is 17.8. The van der Waals surface area contributed by atoms with Crippen molar-refractivity contribution in [1.82, 2.24) is 20.0 Å². The number of nitrogens with zero attached hydrogens (tertiary/aromatic N) is 3. The highest BCUT2D eigenvalue weighted by Gasteiger charge is 2.21. The quantitative estimate of drug-likeness (QED) is 0.927. The Bertz CT molecular complexity index is 757. The Labute approximate surface area is 147 Å². The molecule has 0 fully saturated rings. The van der Waals surface area contributed by atoms with Gasteiger partial charge in [-0.05, 0) is 19.4 Å². The molecule has 0 spiro atoms. The third-order valence-electron chi connectivity index (χ3n) is 4.51. The van der Waals surface area contributed by atoms with Gasteiger partial charge in [0.2, 0.25) is 0 Å². The molecule has 25 heavy (non-hydrogen) atoms.